The maximum Gasteiger partial charge on any atom is 0.244 e. The zero-order chi connectivity index (χ0) is 15.1. The second kappa shape index (κ2) is 7.24. The van der Waals surface area contributed by atoms with Crippen molar-refractivity contribution in [3.05, 3.63) is 65.4 Å². The van der Waals surface area contributed by atoms with Gasteiger partial charge >= 0.3 is 0 Å². The van der Waals surface area contributed by atoms with Gasteiger partial charge < -0.3 is 10.1 Å². The number of ether oxygens (including phenoxy) is 1. The first-order valence-electron chi connectivity index (χ1n) is 6.69. The fraction of sp³-hybridized carbons (Fsp3) is 0.176. The predicted octanol–water partition coefficient (Wildman–Crippen LogP) is 2.73. The van der Waals surface area contributed by atoms with Crippen molar-refractivity contribution in [2.45, 2.75) is 13.5 Å². The Morgan fingerprint density at radius 1 is 1.33 bits per heavy atom. The number of hydrogen-bond acceptors (Lipinski definition) is 3. The number of methoxy groups -OCH3 is 1. The van der Waals surface area contributed by atoms with Crippen LogP contribution in [0.5, 0.6) is 5.88 Å². The summed E-state index contributed by atoms with van der Waals surface area (Å²) >= 11 is 0. The lowest BCUT2D eigenvalue weighted by atomic mass is 10.1. The van der Waals surface area contributed by atoms with E-state index in [-0.39, 0.29) is 5.91 Å². The van der Waals surface area contributed by atoms with E-state index in [0.717, 1.165) is 16.7 Å². The second-order valence-electron chi connectivity index (χ2n) is 4.64. The van der Waals surface area contributed by atoms with Crippen molar-refractivity contribution >= 4 is 12.0 Å². The number of pyridine rings is 1. The highest BCUT2D eigenvalue weighted by atomic mass is 16.5. The standard InChI is InChI=1S/C17H18N2O2/c1-13-5-3-6-14(11-13)8-9-16(20)19-12-15-7-4-10-18-17(15)21-2/h3-11H,12H2,1-2H3,(H,19,20)/b9-8-. The fourth-order valence-electron chi connectivity index (χ4n) is 1.93. The number of nitrogens with one attached hydrogen (secondary N) is 1. The molecule has 1 heterocycles. The van der Waals surface area contributed by atoms with Crippen LogP contribution in [0.4, 0.5) is 0 Å². The molecule has 0 unspecified atom stereocenters. The van der Waals surface area contributed by atoms with Crippen molar-refractivity contribution < 1.29 is 9.53 Å². The maximum atomic E-state index is 11.8. The van der Waals surface area contributed by atoms with Crippen LogP contribution in [0.3, 0.4) is 0 Å². The highest BCUT2D eigenvalue weighted by Crippen LogP contribution is 2.12. The Bertz CT molecular complexity index is 651. The Balaban J connectivity index is 1.93. The second-order valence-corrected chi connectivity index (χ2v) is 4.64. The SMILES string of the molecule is COc1ncccc1CNC(=O)/C=C\c1cccc(C)c1. The molecule has 0 spiro atoms. The monoisotopic (exact) mass is 282 g/mol. The number of carbonyl (C=O) groups excluding carboxylic acids is 1. The van der Waals surface area contributed by atoms with Gasteiger partial charge in [-0.1, -0.05) is 35.9 Å². The van der Waals surface area contributed by atoms with Crippen LogP contribution in [0, 0.1) is 6.92 Å². The van der Waals surface area contributed by atoms with Crippen LogP contribution in [0.1, 0.15) is 16.7 Å². The molecule has 0 atom stereocenters. The molecule has 2 rings (SSSR count). The van der Waals surface area contributed by atoms with E-state index in [1.165, 1.54) is 6.08 Å². The van der Waals surface area contributed by atoms with E-state index in [1.54, 1.807) is 19.4 Å². The summed E-state index contributed by atoms with van der Waals surface area (Å²) in [5, 5.41) is 2.81. The molecular formula is C17H18N2O2. The Kier molecular flexibility index (Phi) is 5.10. The first-order valence-corrected chi connectivity index (χ1v) is 6.69. The van der Waals surface area contributed by atoms with E-state index in [1.807, 2.05) is 43.3 Å². The normalized spacial score (nSPS) is 10.6. The average Bonchev–Trinajstić information content (AvgIpc) is 2.51. The zero-order valence-corrected chi connectivity index (χ0v) is 12.2. The summed E-state index contributed by atoms with van der Waals surface area (Å²) in [7, 11) is 1.56. The molecule has 4 nitrogen and oxygen atoms in total. The van der Waals surface area contributed by atoms with E-state index >= 15 is 0 Å². The smallest absolute Gasteiger partial charge is 0.244 e. The molecule has 0 bridgehead atoms. The number of hydrogen-bond donors (Lipinski definition) is 1. The van der Waals surface area contributed by atoms with Gasteiger partial charge in [0.15, 0.2) is 0 Å². The van der Waals surface area contributed by atoms with E-state index < -0.39 is 0 Å². The van der Waals surface area contributed by atoms with Gasteiger partial charge in [-0.05, 0) is 24.6 Å². The average molecular weight is 282 g/mol. The lowest BCUT2D eigenvalue weighted by molar-refractivity contribution is -0.116. The van der Waals surface area contributed by atoms with Gasteiger partial charge in [0.1, 0.15) is 0 Å². The van der Waals surface area contributed by atoms with Crippen molar-refractivity contribution in [2.24, 2.45) is 0 Å². The molecule has 108 valence electrons. The number of aromatic nitrogens is 1. The summed E-state index contributed by atoms with van der Waals surface area (Å²) < 4.78 is 5.14. The predicted molar refractivity (Wildman–Crippen MR) is 82.8 cm³/mol. The molecular weight excluding hydrogens is 264 g/mol. The van der Waals surface area contributed by atoms with Gasteiger partial charge in [-0.3, -0.25) is 4.79 Å². The molecule has 4 heteroatoms. The number of aryl methyl sites for hydroxylation is 1. The summed E-state index contributed by atoms with van der Waals surface area (Å²) in [5.41, 5.74) is 3.01. The van der Waals surface area contributed by atoms with Gasteiger partial charge in [0.25, 0.3) is 0 Å². The largest absolute Gasteiger partial charge is 0.481 e. The van der Waals surface area contributed by atoms with Crippen LogP contribution in [-0.4, -0.2) is 18.0 Å². The third-order valence-electron chi connectivity index (χ3n) is 2.97. The minimum Gasteiger partial charge on any atom is -0.481 e. The highest BCUT2D eigenvalue weighted by molar-refractivity contribution is 5.91. The van der Waals surface area contributed by atoms with E-state index in [4.69, 9.17) is 4.74 Å². The molecule has 0 saturated heterocycles. The van der Waals surface area contributed by atoms with Crippen molar-refractivity contribution in [2.75, 3.05) is 7.11 Å². The molecule has 0 fully saturated rings. The first-order chi connectivity index (χ1) is 10.2. The minimum atomic E-state index is -0.151. The highest BCUT2D eigenvalue weighted by Gasteiger charge is 2.03. The van der Waals surface area contributed by atoms with Crippen LogP contribution in [-0.2, 0) is 11.3 Å². The van der Waals surface area contributed by atoms with Crippen LogP contribution in [0.15, 0.2) is 48.7 Å². The molecule has 21 heavy (non-hydrogen) atoms. The number of rotatable bonds is 5. The third-order valence-corrected chi connectivity index (χ3v) is 2.97. The summed E-state index contributed by atoms with van der Waals surface area (Å²) in [4.78, 5) is 15.9. The van der Waals surface area contributed by atoms with Crippen molar-refractivity contribution in [1.82, 2.24) is 10.3 Å². The van der Waals surface area contributed by atoms with Gasteiger partial charge in [-0.2, -0.15) is 0 Å². The lowest BCUT2D eigenvalue weighted by Gasteiger charge is -2.06. The molecule has 0 aliphatic rings. The summed E-state index contributed by atoms with van der Waals surface area (Å²) in [6.45, 7) is 2.40. The van der Waals surface area contributed by atoms with E-state index in [2.05, 4.69) is 10.3 Å². The van der Waals surface area contributed by atoms with E-state index in [0.29, 0.717) is 12.4 Å². The number of nitrogens with zero attached hydrogens (tertiary/aromatic N) is 1. The van der Waals surface area contributed by atoms with E-state index in [9.17, 15) is 4.79 Å². The van der Waals surface area contributed by atoms with Crippen molar-refractivity contribution in [3.63, 3.8) is 0 Å². The van der Waals surface area contributed by atoms with Gasteiger partial charge in [0.05, 0.1) is 7.11 Å². The fourth-order valence-corrected chi connectivity index (χ4v) is 1.93. The van der Waals surface area contributed by atoms with Gasteiger partial charge in [0, 0.05) is 24.4 Å². The topological polar surface area (TPSA) is 51.2 Å². The number of carbonyl (C=O) groups is 1. The van der Waals surface area contributed by atoms with Crippen molar-refractivity contribution in [1.29, 1.82) is 0 Å². The Morgan fingerprint density at radius 2 is 2.19 bits per heavy atom. The quantitative estimate of drug-likeness (QED) is 0.858. The van der Waals surface area contributed by atoms with Crippen LogP contribution in [0.2, 0.25) is 0 Å². The van der Waals surface area contributed by atoms with Crippen LogP contribution < -0.4 is 10.1 Å². The number of amides is 1. The van der Waals surface area contributed by atoms with Gasteiger partial charge in [-0.25, -0.2) is 4.98 Å². The summed E-state index contributed by atoms with van der Waals surface area (Å²) in [6, 6.07) is 11.7. The van der Waals surface area contributed by atoms with Crippen LogP contribution >= 0.6 is 0 Å². The molecule has 0 saturated carbocycles. The molecule has 0 aliphatic carbocycles. The Hall–Kier alpha value is -2.62. The van der Waals surface area contributed by atoms with Gasteiger partial charge in [0.2, 0.25) is 11.8 Å². The summed E-state index contributed by atoms with van der Waals surface area (Å²) in [6.07, 6.45) is 4.97. The lowest BCUT2D eigenvalue weighted by Crippen LogP contribution is -2.20. The molecule has 1 N–H and O–H groups in total. The van der Waals surface area contributed by atoms with Gasteiger partial charge in [-0.15, -0.1) is 0 Å². The molecule has 1 aromatic carbocycles. The molecule has 0 radical (unpaired) electrons. The van der Waals surface area contributed by atoms with Crippen LogP contribution in [0.25, 0.3) is 6.08 Å². The molecule has 0 aliphatic heterocycles. The van der Waals surface area contributed by atoms with Crippen molar-refractivity contribution in [3.8, 4) is 5.88 Å². The minimum absolute atomic E-state index is 0.151. The molecule has 1 aromatic heterocycles. The third kappa shape index (κ3) is 4.45. The summed E-state index contributed by atoms with van der Waals surface area (Å²) in [5.74, 6) is 0.378. The Labute approximate surface area is 124 Å². The first kappa shape index (κ1) is 14.8. The maximum absolute atomic E-state index is 11.8. The molecule has 2 aromatic rings. The zero-order valence-electron chi connectivity index (χ0n) is 12.2. The molecule has 1 amide bonds. The number of benzene rings is 1. The Morgan fingerprint density at radius 3 is 2.95 bits per heavy atom.